The second-order valence-electron chi connectivity index (χ2n) is 6.06. The van der Waals surface area contributed by atoms with Crippen molar-refractivity contribution in [2.75, 3.05) is 32.7 Å². The van der Waals surface area contributed by atoms with Crippen molar-refractivity contribution in [2.45, 2.75) is 25.9 Å². The molecule has 2 N–H and O–H groups in total. The molecule has 0 aliphatic heterocycles. The third-order valence-corrected chi connectivity index (χ3v) is 4.08. The van der Waals surface area contributed by atoms with E-state index in [9.17, 15) is 4.79 Å². The lowest BCUT2D eigenvalue weighted by atomic mass is 10.1. The third-order valence-electron chi connectivity index (χ3n) is 4.08. The van der Waals surface area contributed by atoms with Crippen LogP contribution < -0.4 is 20.1 Å². The first-order valence-corrected chi connectivity index (χ1v) is 9.10. The van der Waals surface area contributed by atoms with Crippen LogP contribution in [-0.4, -0.2) is 33.4 Å². The van der Waals surface area contributed by atoms with E-state index in [1.54, 1.807) is 14.2 Å². The van der Waals surface area contributed by atoms with E-state index >= 15 is 0 Å². The number of hydrogen-bond acceptors (Lipinski definition) is 4. The van der Waals surface area contributed by atoms with E-state index in [0.29, 0.717) is 18.8 Å². The molecule has 0 aliphatic rings. The van der Waals surface area contributed by atoms with Crippen molar-refractivity contribution >= 4 is 11.7 Å². The second-order valence-corrected chi connectivity index (χ2v) is 6.06. The van der Waals surface area contributed by atoms with Crippen LogP contribution in [0.2, 0.25) is 0 Å². The van der Waals surface area contributed by atoms with Crippen LogP contribution in [0.4, 0.5) is 10.5 Å². The predicted molar refractivity (Wildman–Crippen MR) is 107 cm³/mol. The number of nitrogens with one attached hydrogen (secondary N) is 2. The molecule has 0 heterocycles. The van der Waals surface area contributed by atoms with Gasteiger partial charge in [0.2, 0.25) is 0 Å². The Balaban J connectivity index is 1.83. The Labute approximate surface area is 160 Å². The number of amides is 2. The van der Waals surface area contributed by atoms with Gasteiger partial charge in [0.05, 0.1) is 19.8 Å². The fourth-order valence-electron chi connectivity index (χ4n) is 2.51. The lowest BCUT2D eigenvalue weighted by molar-refractivity contribution is 0.104. The third kappa shape index (κ3) is 6.83. The van der Waals surface area contributed by atoms with Crippen molar-refractivity contribution in [3.63, 3.8) is 0 Å². The van der Waals surface area contributed by atoms with Crippen molar-refractivity contribution in [1.29, 1.82) is 0 Å². The highest BCUT2D eigenvalue weighted by atomic mass is 16.5. The maximum atomic E-state index is 12.1. The van der Waals surface area contributed by atoms with Crippen LogP contribution in [0, 0.1) is 0 Å². The van der Waals surface area contributed by atoms with E-state index in [4.69, 9.17) is 14.2 Å². The van der Waals surface area contributed by atoms with Crippen LogP contribution in [0.5, 0.6) is 11.5 Å². The summed E-state index contributed by atoms with van der Waals surface area (Å²) in [5.41, 5.74) is 1.64. The average Bonchev–Trinajstić information content (AvgIpc) is 2.70. The molecule has 0 radical (unpaired) electrons. The maximum absolute atomic E-state index is 12.1. The largest absolute Gasteiger partial charge is 0.497 e. The average molecular weight is 372 g/mol. The van der Waals surface area contributed by atoms with Crippen LogP contribution in [0.3, 0.4) is 0 Å². The highest BCUT2D eigenvalue weighted by molar-refractivity contribution is 5.89. The molecule has 2 rings (SSSR count). The van der Waals surface area contributed by atoms with Gasteiger partial charge in [-0.15, -0.1) is 0 Å². The molecule has 1 atom stereocenters. The number of ether oxygens (including phenoxy) is 3. The van der Waals surface area contributed by atoms with Gasteiger partial charge in [-0.05, 0) is 48.4 Å². The number of carbonyl (C=O) groups is 1. The van der Waals surface area contributed by atoms with Crippen molar-refractivity contribution in [1.82, 2.24) is 5.32 Å². The quantitative estimate of drug-likeness (QED) is 0.607. The molecule has 0 saturated heterocycles. The molecule has 146 valence electrons. The SMILES string of the molecule is CCCCOc1ccc(NC(=O)NCC(OC)c2cccc(OC)c2)cc1. The van der Waals surface area contributed by atoms with Crippen molar-refractivity contribution in [3.8, 4) is 11.5 Å². The molecule has 6 heteroatoms. The van der Waals surface area contributed by atoms with Crippen LogP contribution in [0.1, 0.15) is 31.4 Å². The summed E-state index contributed by atoms with van der Waals surface area (Å²) in [7, 11) is 3.23. The van der Waals surface area contributed by atoms with E-state index in [0.717, 1.165) is 29.9 Å². The van der Waals surface area contributed by atoms with Crippen molar-refractivity contribution < 1.29 is 19.0 Å². The van der Waals surface area contributed by atoms with Crippen LogP contribution in [0.25, 0.3) is 0 Å². The van der Waals surface area contributed by atoms with E-state index in [1.807, 2.05) is 48.5 Å². The number of carbonyl (C=O) groups excluding carboxylic acids is 1. The Kier molecular flexibility index (Phi) is 8.45. The molecule has 2 aromatic carbocycles. The van der Waals surface area contributed by atoms with Gasteiger partial charge in [0, 0.05) is 19.3 Å². The Bertz CT molecular complexity index is 704. The summed E-state index contributed by atoms with van der Waals surface area (Å²) in [6.07, 6.45) is 1.86. The highest BCUT2D eigenvalue weighted by Crippen LogP contribution is 2.21. The molecular weight excluding hydrogens is 344 g/mol. The van der Waals surface area contributed by atoms with Gasteiger partial charge in [-0.3, -0.25) is 0 Å². The smallest absolute Gasteiger partial charge is 0.319 e. The Morgan fingerprint density at radius 3 is 2.52 bits per heavy atom. The summed E-state index contributed by atoms with van der Waals surface area (Å²) in [4.78, 5) is 12.1. The van der Waals surface area contributed by atoms with Crippen LogP contribution in [-0.2, 0) is 4.74 Å². The molecule has 0 aromatic heterocycles. The number of hydrogen-bond donors (Lipinski definition) is 2. The first-order valence-electron chi connectivity index (χ1n) is 9.10. The zero-order chi connectivity index (χ0) is 19.5. The summed E-state index contributed by atoms with van der Waals surface area (Å²) in [6, 6.07) is 14.6. The minimum absolute atomic E-state index is 0.264. The molecule has 2 amide bonds. The summed E-state index contributed by atoms with van der Waals surface area (Å²) in [5.74, 6) is 1.55. The maximum Gasteiger partial charge on any atom is 0.319 e. The lowest BCUT2D eigenvalue weighted by Gasteiger charge is -2.17. The van der Waals surface area contributed by atoms with Crippen LogP contribution in [0.15, 0.2) is 48.5 Å². The van der Waals surface area contributed by atoms with E-state index in [1.165, 1.54) is 0 Å². The van der Waals surface area contributed by atoms with E-state index < -0.39 is 0 Å². The van der Waals surface area contributed by atoms with Gasteiger partial charge in [-0.2, -0.15) is 0 Å². The Morgan fingerprint density at radius 2 is 1.85 bits per heavy atom. The first-order chi connectivity index (χ1) is 13.2. The molecule has 2 aromatic rings. The fourth-order valence-corrected chi connectivity index (χ4v) is 2.51. The number of benzene rings is 2. The zero-order valence-corrected chi connectivity index (χ0v) is 16.2. The standard InChI is InChI=1S/C21H28N2O4/c1-4-5-13-27-18-11-9-17(10-12-18)23-21(24)22-15-20(26-3)16-7-6-8-19(14-16)25-2/h6-12,14,20H,4-5,13,15H2,1-3H3,(H2,22,23,24). The molecule has 6 nitrogen and oxygen atoms in total. The topological polar surface area (TPSA) is 68.8 Å². The Hall–Kier alpha value is -2.73. The number of rotatable bonds is 10. The lowest BCUT2D eigenvalue weighted by Crippen LogP contribution is -2.32. The van der Waals surface area contributed by atoms with Gasteiger partial charge in [0.15, 0.2) is 0 Å². The Morgan fingerprint density at radius 1 is 1.07 bits per heavy atom. The molecule has 0 saturated carbocycles. The monoisotopic (exact) mass is 372 g/mol. The number of anilines is 1. The summed E-state index contributed by atoms with van der Waals surface area (Å²) >= 11 is 0. The first kappa shape index (κ1) is 20.6. The highest BCUT2D eigenvalue weighted by Gasteiger charge is 2.13. The van der Waals surface area contributed by atoms with Gasteiger partial charge in [-0.1, -0.05) is 25.5 Å². The number of methoxy groups -OCH3 is 2. The van der Waals surface area contributed by atoms with Gasteiger partial charge in [0.25, 0.3) is 0 Å². The zero-order valence-electron chi connectivity index (χ0n) is 16.2. The van der Waals surface area contributed by atoms with Gasteiger partial charge < -0.3 is 24.8 Å². The summed E-state index contributed by atoms with van der Waals surface area (Å²) in [5, 5.41) is 5.63. The number of urea groups is 1. The number of unbranched alkanes of at least 4 members (excludes halogenated alkanes) is 1. The normalized spacial score (nSPS) is 11.5. The molecule has 0 aliphatic carbocycles. The predicted octanol–water partition coefficient (Wildman–Crippen LogP) is 4.38. The van der Waals surface area contributed by atoms with E-state index in [2.05, 4.69) is 17.6 Å². The molecular formula is C21H28N2O4. The van der Waals surface area contributed by atoms with Gasteiger partial charge in [0.1, 0.15) is 11.5 Å². The molecule has 0 fully saturated rings. The second kappa shape index (κ2) is 11.1. The minimum atomic E-state index is -0.292. The van der Waals surface area contributed by atoms with Gasteiger partial charge in [-0.25, -0.2) is 4.79 Å². The summed E-state index contributed by atoms with van der Waals surface area (Å²) in [6.45, 7) is 3.16. The summed E-state index contributed by atoms with van der Waals surface area (Å²) < 4.78 is 16.3. The van der Waals surface area contributed by atoms with Crippen LogP contribution >= 0.6 is 0 Å². The fraction of sp³-hybridized carbons (Fsp3) is 0.381. The minimum Gasteiger partial charge on any atom is -0.497 e. The van der Waals surface area contributed by atoms with Crippen molar-refractivity contribution in [2.24, 2.45) is 0 Å². The molecule has 0 bridgehead atoms. The van der Waals surface area contributed by atoms with E-state index in [-0.39, 0.29) is 12.1 Å². The van der Waals surface area contributed by atoms with Crippen molar-refractivity contribution in [3.05, 3.63) is 54.1 Å². The molecule has 1 unspecified atom stereocenters. The van der Waals surface area contributed by atoms with Gasteiger partial charge >= 0.3 is 6.03 Å². The molecule has 0 spiro atoms. The molecule has 27 heavy (non-hydrogen) atoms.